The summed E-state index contributed by atoms with van der Waals surface area (Å²) in [5.74, 6) is 1.01. The van der Waals surface area contributed by atoms with Crippen LogP contribution in [0.3, 0.4) is 0 Å². The maximum Gasteiger partial charge on any atom is 0.246 e. The van der Waals surface area contributed by atoms with Crippen LogP contribution in [0.25, 0.3) is 0 Å². The third kappa shape index (κ3) is 3.31. The van der Waals surface area contributed by atoms with Crippen molar-refractivity contribution in [2.75, 3.05) is 38.1 Å². The van der Waals surface area contributed by atoms with E-state index in [1.165, 1.54) is 44.1 Å². The maximum atomic E-state index is 12.7. The predicted molar refractivity (Wildman–Crippen MR) is 106 cm³/mol. The standard InChI is InChI=1S/C21H30N4O/c1-22-20(24-14-12-21(16-24)10-5-2-6-11-21)23-15-19(26)25-13-9-17-7-3-4-8-18(17)25/h3-4,7-8H,2,5-6,9-16H2,1H3,(H,22,23). The summed E-state index contributed by atoms with van der Waals surface area (Å²) >= 11 is 0. The second-order valence-corrected chi connectivity index (χ2v) is 8.06. The van der Waals surface area contributed by atoms with Crippen LogP contribution in [0, 0.1) is 5.41 Å². The number of nitrogens with zero attached hydrogens (tertiary/aromatic N) is 3. The number of benzene rings is 1. The highest BCUT2D eigenvalue weighted by molar-refractivity contribution is 5.98. The van der Waals surface area contributed by atoms with Crippen LogP contribution < -0.4 is 10.2 Å². The van der Waals surface area contributed by atoms with Gasteiger partial charge in [-0.15, -0.1) is 0 Å². The molecular weight excluding hydrogens is 324 g/mol. The Balaban J connectivity index is 1.34. The van der Waals surface area contributed by atoms with E-state index in [-0.39, 0.29) is 5.91 Å². The lowest BCUT2D eigenvalue weighted by Crippen LogP contribution is -2.46. The summed E-state index contributed by atoms with van der Waals surface area (Å²) in [4.78, 5) is 21.4. The maximum absolute atomic E-state index is 12.7. The summed E-state index contributed by atoms with van der Waals surface area (Å²) in [6.07, 6.45) is 9.04. The number of anilines is 1. The molecule has 2 fully saturated rings. The van der Waals surface area contributed by atoms with Gasteiger partial charge in [-0.05, 0) is 42.7 Å². The van der Waals surface area contributed by atoms with Crippen molar-refractivity contribution in [3.8, 4) is 0 Å². The molecule has 0 bridgehead atoms. The summed E-state index contributed by atoms with van der Waals surface area (Å²) in [5.41, 5.74) is 2.83. The molecule has 0 radical (unpaired) electrons. The van der Waals surface area contributed by atoms with Gasteiger partial charge in [0.25, 0.3) is 0 Å². The van der Waals surface area contributed by atoms with E-state index in [1.807, 2.05) is 30.1 Å². The smallest absolute Gasteiger partial charge is 0.246 e. The summed E-state index contributed by atoms with van der Waals surface area (Å²) in [7, 11) is 1.82. The van der Waals surface area contributed by atoms with E-state index in [1.54, 1.807) is 0 Å². The fourth-order valence-corrected chi connectivity index (χ4v) is 5.01. The van der Waals surface area contributed by atoms with E-state index in [4.69, 9.17) is 0 Å². The highest BCUT2D eigenvalue weighted by atomic mass is 16.2. The fourth-order valence-electron chi connectivity index (χ4n) is 5.01. The van der Waals surface area contributed by atoms with Crippen molar-refractivity contribution in [3.63, 3.8) is 0 Å². The molecule has 0 atom stereocenters. The molecule has 140 valence electrons. The third-order valence-electron chi connectivity index (χ3n) is 6.45. The average molecular weight is 354 g/mol. The van der Waals surface area contributed by atoms with Crippen molar-refractivity contribution in [2.45, 2.75) is 44.9 Å². The largest absolute Gasteiger partial charge is 0.347 e. The first-order chi connectivity index (χ1) is 12.7. The highest BCUT2D eigenvalue weighted by Gasteiger charge is 2.39. The molecule has 1 saturated carbocycles. The molecule has 3 aliphatic rings. The Bertz CT molecular complexity index is 693. The van der Waals surface area contributed by atoms with Gasteiger partial charge in [0, 0.05) is 32.4 Å². The van der Waals surface area contributed by atoms with Crippen molar-refractivity contribution in [1.82, 2.24) is 10.2 Å². The van der Waals surface area contributed by atoms with Crippen LogP contribution in [-0.2, 0) is 11.2 Å². The summed E-state index contributed by atoms with van der Waals surface area (Å²) in [6, 6.07) is 8.21. The van der Waals surface area contributed by atoms with Gasteiger partial charge in [-0.25, -0.2) is 0 Å². The van der Waals surface area contributed by atoms with Gasteiger partial charge in [0.15, 0.2) is 5.96 Å². The average Bonchev–Trinajstić information content (AvgIpc) is 3.28. The Morgan fingerprint density at radius 2 is 1.96 bits per heavy atom. The zero-order valence-electron chi connectivity index (χ0n) is 15.8. The zero-order valence-corrected chi connectivity index (χ0v) is 15.8. The number of nitrogens with one attached hydrogen (secondary N) is 1. The quantitative estimate of drug-likeness (QED) is 0.656. The monoisotopic (exact) mass is 354 g/mol. The first kappa shape index (κ1) is 17.4. The molecular formula is C21H30N4O. The van der Waals surface area contributed by atoms with Gasteiger partial charge >= 0.3 is 0 Å². The van der Waals surface area contributed by atoms with Gasteiger partial charge in [-0.2, -0.15) is 0 Å². The van der Waals surface area contributed by atoms with Crippen LogP contribution in [0.1, 0.15) is 44.1 Å². The molecule has 1 aliphatic carbocycles. The Kier molecular flexibility index (Phi) is 4.88. The van der Waals surface area contributed by atoms with E-state index in [0.29, 0.717) is 12.0 Å². The number of amides is 1. The SMILES string of the molecule is CN=C(NCC(=O)N1CCc2ccccc21)N1CCC2(CCCCC2)C1. The summed E-state index contributed by atoms with van der Waals surface area (Å²) < 4.78 is 0. The lowest BCUT2D eigenvalue weighted by atomic mass is 9.73. The minimum atomic E-state index is 0.127. The van der Waals surface area contributed by atoms with Crippen molar-refractivity contribution in [2.24, 2.45) is 10.4 Å². The number of para-hydroxylation sites is 1. The predicted octanol–water partition coefficient (Wildman–Crippen LogP) is 2.81. The highest BCUT2D eigenvalue weighted by Crippen LogP contribution is 2.43. The van der Waals surface area contributed by atoms with Crippen molar-refractivity contribution in [1.29, 1.82) is 0 Å². The molecule has 5 heteroatoms. The van der Waals surface area contributed by atoms with Crippen LogP contribution in [-0.4, -0.2) is 50.0 Å². The van der Waals surface area contributed by atoms with Gasteiger partial charge in [-0.3, -0.25) is 9.79 Å². The van der Waals surface area contributed by atoms with Crippen LogP contribution in [0.4, 0.5) is 5.69 Å². The van der Waals surface area contributed by atoms with Gasteiger partial charge in [0.1, 0.15) is 0 Å². The van der Waals surface area contributed by atoms with E-state index < -0.39 is 0 Å². The van der Waals surface area contributed by atoms with Gasteiger partial charge in [0.2, 0.25) is 5.91 Å². The van der Waals surface area contributed by atoms with Crippen molar-refractivity contribution >= 4 is 17.6 Å². The molecule has 1 aromatic rings. The number of hydrogen-bond donors (Lipinski definition) is 1. The van der Waals surface area contributed by atoms with E-state index in [2.05, 4.69) is 21.3 Å². The van der Waals surface area contributed by atoms with Crippen LogP contribution in [0.2, 0.25) is 0 Å². The number of aliphatic imine (C=N–C) groups is 1. The minimum Gasteiger partial charge on any atom is -0.347 e. The summed E-state index contributed by atoms with van der Waals surface area (Å²) in [6.45, 7) is 3.24. The van der Waals surface area contributed by atoms with E-state index in [9.17, 15) is 4.79 Å². The Labute approximate surface area is 156 Å². The topological polar surface area (TPSA) is 47.9 Å². The zero-order chi connectivity index (χ0) is 18.0. The first-order valence-corrected chi connectivity index (χ1v) is 10.0. The van der Waals surface area contributed by atoms with Crippen LogP contribution >= 0.6 is 0 Å². The molecule has 4 rings (SSSR count). The minimum absolute atomic E-state index is 0.127. The fraction of sp³-hybridized carbons (Fsp3) is 0.619. The van der Waals surface area contributed by atoms with Crippen molar-refractivity contribution in [3.05, 3.63) is 29.8 Å². The molecule has 1 spiro atoms. The third-order valence-corrected chi connectivity index (χ3v) is 6.45. The van der Waals surface area contributed by atoms with Crippen LogP contribution in [0.15, 0.2) is 29.3 Å². The molecule has 1 N–H and O–H groups in total. The number of carbonyl (C=O) groups excluding carboxylic acids is 1. The van der Waals surface area contributed by atoms with Crippen molar-refractivity contribution < 1.29 is 4.79 Å². The summed E-state index contributed by atoms with van der Waals surface area (Å²) in [5, 5.41) is 3.33. The molecule has 1 amide bonds. The molecule has 26 heavy (non-hydrogen) atoms. The van der Waals surface area contributed by atoms with Crippen LogP contribution in [0.5, 0.6) is 0 Å². The van der Waals surface area contributed by atoms with E-state index >= 15 is 0 Å². The number of carbonyl (C=O) groups is 1. The molecule has 5 nitrogen and oxygen atoms in total. The lowest BCUT2D eigenvalue weighted by molar-refractivity contribution is -0.117. The Morgan fingerprint density at radius 3 is 2.77 bits per heavy atom. The number of guanidine groups is 1. The Hall–Kier alpha value is -2.04. The molecule has 2 aliphatic heterocycles. The second-order valence-electron chi connectivity index (χ2n) is 8.06. The molecule has 0 unspecified atom stereocenters. The van der Waals surface area contributed by atoms with Gasteiger partial charge in [-0.1, -0.05) is 37.5 Å². The van der Waals surface area contributed by atoms with E-state index in [0.717, 1.165) is 37.7 Å². The normalized spacial score (nSPS) is 22.0. The lowest BCUT2D eigenvalue weighted by Gasteiger charge is -2.33. The van der Waals surface area contributed by atoms with Gasteiger partial charge < -0.3 is 15.1 Å². The number of hydrogen-bond acceptors (Lipinski definition) is 2. The first-order valence-electron chi connectivity index (χ1n) is 10.0. The molecule has 1 saturated heterocycles. The molecule has 2 heterocycles. The molecule has 0 aromatic heterocycles. The number of rotatable bonds is 2. The Morgan fingerprint density at radius 1 is 1.15 bits per heavy atom. The molecule has 1 aromatic carbocycles. The number of fused-ring (bicyclic) bond motifs is 1. The second kappa shape index (κ2) is 7.29. The van der Waals surface area contributed by atoms with Gasteiger partial charge in [0.05, 0.1) is 6.54 Å². The number of likely N-dealkylation sites (tertiary alicyclic amines) is 1.